The molecule has 3 amide bonds. The molecule has 0 aliphatic carbocycles. The normalized spacial score (nSPS) is 14.3. The number of aromatic carboxylic acids is 1. The summed E-state index contributed by atoms with van der Waals surface area (Å²) in [5.74, 6) is -3.28. The number of halogens is 2. The molecule has 1 unspecified atom stereocenters. The lowest BCUT2D eigenvalue weighted by atomic mass is 10.0. The van der Waals surface area contributed by atoms with Gasteiger partial charge >= 0.3 is 5.97 Å². The molecule has 1 aliphatic rings. The van der Waals surface area contributed by atoms with Crippen LogP contribution in [0.25, 0.3) is 11.8 Å². The standard InChI is InChI=1S/C31H28ClFN8O5/c1-39-13-14-40(28(43)17-39)22-4-2-3-19(15-22)16-25(30(44)35-21-7-5-20(6-8-21)31(45)46)36-27(42)12-9-23-26(41-18-34-37-38-41)11-10-24(32)29(23)33/h2-12,15,18,25H,13-14,16-17H2,1H3,(H,35,44)(H,36,42)(H,45,46)/b12-9+. The number of amides is 3. The van der Waals surface area contributed by atoms with Crippen LogP contribution in [0.15, 0.2) is 73.1 Å². The van der Waals surface area contributed by atoms with Gasteiger partial charge in [0.15, 0.2) is 5.82 Å². The zero-order valence-electron chi connectivity index (χ0n) is 24.4. The minimum Gasteiger partial charge on any atom is -0.478 e. The number of carboxylic acid groups (broad SMARTS) is 1. The van der Waals surface area contributed by atoms with Gasteiger partial charge in [0.1, 0.15) is 12.4 Å². The van der Waals surface area contributed by atoms with E-state index in [4.69, 9.17) is 11.6 Å². The smallest absolute Gasteiger partial charge is 0.335 e. The fraction of sp³-hybridized carbons (Fsp3) is 0.194. The van der Waals surface area contributed by atoms with Crippen LogP contribution in [-0.4, -0.2) is 86.6 Å². The molecule has 4 aromatic rings. The highest BCUT2D eigenvalue weighted by atomic mass is 35.5. The second-order valence-corrected chi connectivity index (χ2v) is 10.9. The van der Waals surface area contributed by atoms with Crippen molar-refractivity contribution in [2.24, 2.45) is 0 Å². The van der Waals surface area contributed by atoms with Gasteiger partial charge in [0.2, 0.25) is 17.7 Å². The Kier molecular flexibility index (Phi) is 9.79. The van der Waals surface area contributed by atoms with Gasteiger partial charge in [-0.1, -0.05) is 23.7 Å². The molecule has 1 atom stereocenters. The number of carbonyl (C=O) groups excluding carboxylic acids is 3. The minimum atomic E-state index is -1.13. The molecule has 0 bridgehead atoms. The Hall–Kier alpha value is -5.47. The largest absolute Gasteiger partial charge is 0.478 e. The molecule has 3 aromatic carbocycles. The second kappa shape index (κ2) is 14.1. The molecule has 15 heteroatoms. The van der Waals surface area contributed by atoms with Crippen molar-refractivity contribution in [1.29, 1.82) is 0 Å². The van der Waals surface area contributed by atoms with E-state index in [9.17, 15) is 24.3 Å². The summed E-state index contributed by atoms with van der Waals surface area (Å²) in [6.45, 7) is 1.48. The van der Waals surface area contributed by atoms with Gasteiger partial charge < -0.3 is 20.6 Å². The number of likely N-dealkylation sites (N-methyl/N-ethyl adjacent to an activating group) is 1. The Morgan fingerprint density at radius 2 is 1.89 bits per heavy atom. The quantitative estimate of drug-likeness (QED) is 0.220. The molecule has 1 fully saturated rings. The summed E-state index contributed by atoms with van der Waals surface area (Å²) in [6, 6.07) is 14.4. The van der Waals surface area contributed by atoms with Crippen molar-refractivity contribution in [3.8, 4) is 5.69 Å². The van der Waals surface area contributed by atoms with Crippen LogP contribution >= 0.6 is 11.6 Å². The Morgan fingerprint density at radius 1 is 1.11 bits per heavy atom. The second-order valence-electron chi connectivity index (χ2n) is 10.5. The molecular formula is C31H28ClFN8O5. The van der Waals surface area contributed by atoms with Gasteiger partial charge in [-0.25, -0.2) is 9.18 Å². The number of piperazine rings is 1. The maximum absolute atomic E-state index is 15.0. The van der Waals surface area contributed by atoms with E-state index in [0.29, 0.717) is 30.0 Å². The number of nitrogens with one attached hydrogen (secondary N) is 2. The maximum Gasteiger partial charge on any atom is 0.335 e. The molecule has 46 heavy (non-hydrogen) atoms. The van der Waals surface area contributed by atoms with Crippen LogP contribution in [0.1, 0.15) is 21.5 Å². The predicted octanol–water partition coefficient (Wildman–Crippen LogP) is 2.81. The third-order valence-corrected chi connectivity index (χ3v) is 7.50. The number of anilines is 2. The highest BCUT2D eigenvalue weighted by Crippen LogP contribution is 2.25. The Morgan fingerprint density at radius 3 is 2.59 bits per heavy atom. The lowest BCUT2D eigenvalue weighted by Crippen LogP contribution is -2.49. The van der Waals surface area contributed by atoms with Gasteiger partial charge in [-0.2, -0.15) is 4.68 Å². The summed E-state index contributed by atoms with van der Waals surface area (Å²) >= 11 is 5.99. The number of tetrazole rings is 1. The number of rotatable bonds is 10. The SMILES string of the molecule is CN1CCN(c2cccc(CC(NC(=O)/C=C/c3c(-n4cnnn4)ccc(Cl)c3F)C(=O)Nc3ccc(C(=O)O)cc3)c2)C(=O)C1. The summed E-state index contributed by atoms with van der Waals surface area (Å²) in [7, 11) is 1.87. The Labute approximate surface area is 267 Å². The molecule has 0 saturated carbocycles. The summed E-state index contributed by atoms with van der Waals surface area (Å²) in [5.41, 5.74) is 1.85. The van der Waals surface area contributed by atoms with E-state index in [2.05, 4.69) is 26.2 Å². The number of carboxylic acids is 1. The first-order valence-corrected chi connectivity index (χ1v) is 14.4. The van der Waals surface area contributed by atoms with Crippen molar-refractivity contribution in [1.82, 2.24) is 30.4 Å². The molecule has 5 rings (SSSR count). The Bertz CT molecular complexity index is 1800. The first-order valence-electron chi connectivity index (χ1n) is 14.0. The van der Waals surface area contributed by atoms with E-state index in [1.807, 2.05) is 11.9 Å². The molecule has 0 spiro atoms. The van der Waals surface area contributed by atoms with Crippen LogP contribution < -0.4 is 15.5 Å². The Balaban J connectivity index is 1.39. The first kappa shape index (κ1) is 31.9. The highest BCUT2D eigenvalue weighted by Gasteiger charge is 2.25. The molecule has 13 nitrogen and oxygen atoms in total. The highest BCUT2D eigenvalue weighted by molar-refractivity contribution is 6.31. The molecule has 2 heterocycles. The van der Waals surface area contributed by atoms with E-state index >= 15 is 4.39 Å². The predicted molar refractivity (Wildman–Crippen MR) is 167 cm³/mol. The van der Waals surface area contributed by atoms with Gasteiger partial charge in [-0.05, 0) is 77.6 Å². The van der Waals surface area contributed by atoms with Crippen molar-refractivity contribution >= 4 is 52.7 Å². The van der Waals surface area contributed by atoms with Gasteiger partial charge in [0.05, 0.1) is 22.8 Å². The van der Waals surface area contributed by atoms with Crippen LogP contribution in [0.3, 0.4) is 0 Å². The number of hydrogen-bond donors (Lipinski definition) is 3. The number of hydrogen-bond acceptors (Lipinski definition) is 8. The van der Waals surface area contributed by atoms with Crippen LogP contribution in [-0.2, 0) is 20.8 Å². The zero-order chi connectivity index (χ0) is 32.8. The van der Waals surface area contributed by atoms with Crippen molar-refractivity contribution in [2.45, 2.75) is 12.5 Å². The van der Waals surface area contributed by atoms with E-state index in [1.54, 1.807) is 29.2 Å². The van der Waals surface area contributed by atoms with Crippen molar-refractivity contribution in [3.63, 3.8) is 0 Å². The molecule has 0 radical (unpaired) electrons. The van der Waals surface area contributed by atoms with Gasteiger partial charge in [-0.3, -0.25) is 19.3 Å². The van der Waals surface area contributed by atoms with Gasteiger partial charge in [0, 0.05) is 42.5 Å². The average molecular weight is 647 g/mol. The number of aromatic nitrogens is 4. The molecule has 1 aliphatic heterocycles. The van der Waals surface area contributed by atoms with Crippen LogP contribution in [0.5, 0.6) is 0 Å². The van der Waals surface area contributed by atoms with E-state index < -0.39 is 29.6 Å². The fourth-order valence-corrected chi connectivity index (χ4v) is 5.02. The van der Waals surface area contributed by atoms with Gasteiger partial charge in [0.25, 0.3) is 0 Å². The monoisotopic (exact) mass is 646 g/mol. The van der Waals surface area contributed by atoms with Crippen LogP contribution in [0.2, 0.25) is 5.02 Å². The van der Waals surface area contributed by atoms with E-state index in [0.717, 1.165) is 6.08 Å². The summed E-state index contributed by atoms with van der Waals surface area (Å²) < 4.78 is 16.2. The molecular weight excluding hydrogens is 619 g/mol. The molecule has 1 aromatic heterocycles. The van der Waals surface area contributed by atoms with E-state index in [1.165, 1.54) is 53.5 Å². The molecule has 236 valence electrons. The first-order chi connectivity index (χ1) is 22.1. The number of benzene rings is 3. The lowest BCUT2D eigenvalue weighted by Gasteiger charge is -2.32. The van der Waals surface area contributed by atoms with Crippen LogP contribution in [0, 0.1) is 5.82 Å². The zero-order valence-corrected chi connectivity index (χ0v) is 25.2. The van der Waals surface area contributed by atoms with Crippen LogP contribution in [0.4, 0.5) is 15.8 Å². The van der Waals surface area contributed by atoms with E-state index in [-0.39, 0.29) is 40.7 Å². The number of nitrogens with zero attached hydrogens (tertiary/aromatic N) is 6. The van der Waals surface area contributed by atoms with Crippen molar-refractivity contribution < 1.29 is 28.7 Å². The molecule has 3 N–H and O–H groups in total. The maximum atomic E-state index is 15.0. The average Bonchev–Trinajstić information content (AvgIpc) is 3.57. The fourth-order valence-electron chi connectivity index (χ4n) is 4.85. The number of carbonyl (C=O) groups is 4. The summed E-state index contributed by atoms with van der Waals surface area (Å²) in [5, 5.41) is 25.2. The summed E-state index contributed by atoms with van der Waals surface area (Å²) in [6.07, 6.45) is 3.56. The lowest BCUT2D eigenvalue weighted by molar-refractivity contribution is -0.123. The third-order valence-electron chi connectivity index (χ3n) is 7.21. The summed E-state index contributed by atoms with van der Waals surface area (Å²) in [4.78, 5) is 54.2. The van der Waals surface area contributed by atoms with Gasteiger partial charge in [-0.15, -0.1) is 5.10 Å². The topological polar surface area (TPSA) is 163 Å². The molecule has 1 saturated heterocycles. The minimum absolute atomic E-state index is 0.0375. The van der Waals surface area contributed by atoms with Crippen molar-refractivity contribution in [2.75, 3.05) is 36.9 Å². The third kappa shape index (κ3) is 7.60. The van der Waals surface area contributed by atoms with Crippen molar-refractivity contribution in [3.05, 3.63) is 101 Å².